The first-order valence-corrected chi connectivity index (χ1v) is 8.25. The van der Waals surface area contributed by atoms with Gasteiger partial charge in [-0.05, 0) is 25.1 Å². The highest BCUT2D eigenvalue weighted by atomic mass is 32.2. The summed E-state index contributed by atoms with van der Waals surface area (Å²) < 4.78 is 74.0. The maximum absolute atomic E-state index is 13.4. The second-order valence-electron chi connectivity index (χ2n) is 5.03. The lowest BCUT2D eigenvalue weighted by molar-refractivity contribution is -0.197. The molecule has 4 nitrogen and oxygen atoms in total. The van der Waals surface area contributed by atoms with Gasteiger partial charge in [0.1, 0.15) is 5.75 Å². The molecule has 2 aromatic rings. The van der Waals surface area contributed by atoms with E-state index in [9.17, 15) is 21.6 Å². The molecular weight excluding hydrogens is 345 g/mol. The standard InChI is InChI=1S/C16H15F3O4S/c1-11-7-9-12(10-8-11)24(20,21)23-15(16(17,18)19)13-5-3-4-6-14(13)22-2/h3-10,15H,1-2H3/t15-/m1/s1. The van der Waals surface area contributed by atoms with E-state index in [0.717, 1.165) is 11.6 Å². The second-order valence-corrected chi connectivity index (χ2v) is 6.60. The van der Waals surface area contributed by atoms with Gasteiger partial charge in [0.05, 0.1) is 12.0 Å². The molecule has 2 aromatic carbocycles. The van der Waals surface area contributed by atoms with Gasteiger partial charge in [-0.25, -0.2) is 4.18 Å². The van der Waals surface area contributed by atoms with E-state index in [1.165, 1.54) is 49.6 Å². The van der Waals surface area contributed by atoms with Crippen molar-refractivity contribution < 1.29 is 30.5 Å². The molecule has 0 heterocycles. The van der Waals surface area contributed by atoms with Crippen LogP contribution in [0.4, 0.5) is 13.2 Å². The number of benzene rings is 2. The van der Waals surface area contributed by atoms with Gasteiger partial charge in [0.2, 0.25) is 6.10 Å². The van der Waals surface area contributed by atoms with Crippen LogP contribution in [0.3, 0.4) is 0 Å². The largest absolute Gasteiger partial charge is 0.496 e. The maximum atomic E-state index is 13.4. The molecule has 0 saturated carbocycles. The van der Waals surface area contributed by atoms with Crippen LogP contribution in [-0.4, -0.2) is 21.7 Å². The minimum Gasteiger partial charge on any atom is -0.496 e. The van der Waals surface area contributed by atoms with Crippen molar-refractivity contribution >= 4 is 10.1 Å². The number of ether oxygens (including phenoxy) is 1. The van der Waals surface area contributed by atoms with Crippen molar-refractivity contribution in [2.45, 2.75) is 24.1 Å². The summed E-state index contributed by atoms with van der Waals surface area (Å²) in [4.78, 5) is -0.350. The van der Waals surface area contributed by atoms with Crippen LogP contribution in [-0.2, 0) is 14.3 Å². The molecule has 8 heteroatoms. The fourth-order valence-electron chi connectivity index (χ4n) is 2.05. The Kier molecular flexibility index (Phi) is 5.19. The summed E-state index contributed by atoms with van der Waals surface area (Å²) in [6.07, 6.45) is -7.60. The lowest BCUT2D eigenvalue weighted by atomic mass is 10.1. The Bertz CT molecular complexity index is 799. The topological polar surface area (TPSA) is 52.6 Å². The Morgan fingerprint density at radius 2 is 1.58 bits per heavy atom. The van der Waals surface area contributed by atoms with E-state index in [2.05, 4.69) is 4.18 Å². The molecule has 0 aliphatic heterocycles. The minimum absolute atomic E-state index is 0.112. The van der Waals surface area contributed by atoms with Gasteiger partial charge in [-0.3, -0.25) is 0 Å². The molecule has 0 bridgehead atoms. The van der Waals surface area contributed by atoms with Crippen molar-refractivity contribution in [2.75, 3.05) is 7.11 Å². The van der Waals surface area contributed by atoms with Crippen LogP contribution < -0.4 is 4.74 Å². The molecule has 0 N–H and O–H groups in total. The average Bonchev–Trinajstić information content (AvgIpc) is 2.52. The van der Waals surface area contributed by atoms with Crippen LogP contribution in [0.2, 0.25) is 0 Å². The number of methoxy groups -OCH3 is 1. The molecule has 0 saturated heterocycles. The van der Waals surface area contributed by atoms with E-state index in [4.69, 9.17) is 4.74 Å². The fraction of sp³-hybridized carbons (Fsp3) is 0.250. The minimum atomic E-state index is -4.94. The van der Waals surface area contributed by atoms with Crippen LogP contribution >= 0.6 is 0 Å². The summed E-state index contributed by atoms with van der Waals surface area (Å²) in [6.45, 7) is 1.73. The number of hydrogen-bond donors (Lipinski definition) is 0. The van der Waals surface area contributed by atoms with Crippen molar-refractivity contribution in [3.63, 3.8) is 0 Å². The Balaban J connectivity index is 2.45. The summed E-state index contributed by atoms with van der Waals surface area (Å²) in [5.74, 6) is -0.112. The van der Waals surface area contributed by atoms with Gasteiger partial charge in [0.25, 0.3) is 10.1 Å². The van der Waals surface area contributed by atoms with Crippen LogP contribution in [0.5, 0.6) is 5.75 Å². The number of aryl methyl sites for hydroxylation is 1. The highest BCUT2D eigenvalue weighted by molar-refractivity contribution is 7.86. The summed E-state index contributed by atoms with van der Waals surface area (Å²) >= 11 is 0. The molecule has 0 radical (unpaired) electrons. The van der Waals surface area contributed by atoms with Gasteiger partial charge in [-0.2, -0.15) is 21.6 Å². The molecule has 24 heavy (non-hydrogen) atoms. The van der Waals surface area contributed by atoms with Crippen LogP contribution in [0.25, 0.3) is 0 Å². The third kappa shape index (κ3) is 4.07. The molecule has 0 unspecified atom stereocenters. The highest BCUT2D eigenvalue weighted by Gasteiger charge is 2.46. The van der Waals surface area contributed by atoms with E-state index < -0.39 is 28.0 Å². The summed E-state index contributed by atoms with van der Waals surface area (Å²) in [6, 6.07) is 10.6. The van der Waals surface area contributed by atoms with Crippen molar-refractivity contribution in [3.05, 3.63) is 59.7 Å². The normalized spacial score (nSPS) is 13.5. The highest BCUT2D eigenvalue weighted by Crippen LogP contribution is 2.41. The van der Waals surface area contributed by atoms with Crippen molar-refractivity contribution in [1.29, 1.82) is 0 Å². The monoisotopic (exact) mass is 360 g/mol. The van der Waals surface area contributed by atoms with Crippen molar-refractivity contribution in [2.24, 2.45) is 0 Å². The Hall–Kier alpha value is -2.06. The van der Waals surface area contributed by atoms with Crippen LogP contribution in [0.15, 0.2) is 53.4 Å². The van der Waals surface area contributed by atoms with Crippen molar-refractivity contribution in [3.8, 4) is 5.75 Å². The Morgan fingerprint density at radius 3 is 2.12 bits per heavy atom. The average molecular weight is 360 g/mol. The molecule has 0 aliphatic rings. The number of hydrogen-bond acceptors (Lipinski definition) is 4. The molecular formula is C16H15F3O4S. The van der Waals surface area contributed by atoms with Gasteiger partial charge in [0.15, 0.2) is 0 Å². The molecule has 0 amide bonds. The third-order valence-corrected chi connectivity index (χ3v) is 4.55. The van der Waals surface area contributed by atoms with Gasteiger partial charge in [-0.15, -0.1) is 0 Å². The quantitative estimate of drug-likeness (QED) is 0.756. The predicted molar refractivity (Wildman–Crippen MR) is 81.2 cm³/mol. The van der Waals surface area contributed by atoms with Gasteiger partial charge < -0.3 is 4.74 Å². The van der Waals surface area contributed by atoms with E-state index in [1.807, 2.05) is 0 Å². The molecule has 0 aromatic heterocycles. The Morgan fingerprint density at radius 1 is 1.00 bits per heavy atom. The van der Waals surface area contributed by atoms with Crippen LogP contribution in [0, 0.1) is 6.92 Å². The molecule has 1 atom stereocenters. The zero-order chi connectivity index (χ0) is 18.0. The lowest BCUT2D eigenvalue weighted by Gasteiger charge is -2.22. The number of halogens is 3. The molecule has 130 valence electrons. The molecule has 0 fully saturated rings. The first kappa shape index (κ1) is 18.3. The molecule has 0 spiro atoms. The van der Waals surface area contributed by atoms with Gasteiger partial charge in [-0.1, -0.05) is 35.9 Å². The second kappa shape index (κ2) is 6.82. The first-order valence-electron chi connectivity index (χ1n) is 6.85. The third-order valence-electron chi connectivity index (χ3n) is 3.25. The van der Waals surface area contributed by atoms with E-state index >= 15 is 0 Å². The number of alkyl halides is 3. The number of para-hydroxylation sites is 1. The maximum Gasteiger partial charge on any atom is 0.420 e. The van der Waals surface area contributed by atoms with Gasteiger partial charge in [0, 0.05) is 5.56 Å². The van der Waals surface area contributed by atoms with E-state index in [-0.39, 0.29) is 10.6 Å². The lowest BCUT2D eigenvalue weighted by Crippen LogP contribution is -2.26. The predicted octanol–water partition coefficient (Wildman–Crippen LogP) is 4.01. The SMILES string of the molecule is COc1ccccc1[C@@H](OS(=O)(=O)c1ccc(C)cc1)C(F)(F)F. The van der Waals surface area contributed by atoms with Crippen LogP contribution in [0.1, 0.15) is 17.2 Å². The number of rotatable bonds is 5. The summed E-state index contributed by atoms with van der Waals surface area (Å²) in [5, 5.41) is 0. The zero-order valence-corrected chi connectivity index (χ0v) is 13.7. The molecule has 2 rings (SSSR count). The van der Waals surface area contributed by atoms with Crippen molar-refractivity contribution in [1.82, 2.24) is 0 Å². The van der Waals surface area contributed by atoms with E-state index in [1.54, 1.807) is 6.92 Å². The molecule has 0 aliphatic carbocycles. The summed E-state index contributed by atoms with van der Waals surface area (Å²) in [5.41, 5.74) is 0.356. The first-order chi connectivity index (χ1) is 11.1. The zero-order valence-electron chi connectivity index (χ0n) is 12.9. The van der Waals surface area contributed by atoms with Gasteiger partial charge >= 0.3 is 6.18 Å². The Labute approximate surface area is 138 Å². The smallest absolute Gasteiger partial charge is 0.420 e. The van der Waals surface area contributed by atoms with E-state index in [0.29, 0.717) is 0 Å². The fourth-order valence-corrected chi connectivity index (χ4v) is 3.10. The summed E-state index contributed by atoms with van der Waals surface area (Å²) in [7, 11) is -3.41.